The molecule has 1 aromatic rings. The number of anilines is 2. The quantitative estimate of drug-likeness (QED) is 0.859. The van der Waals surface area contributed by atoms with Crippen LogP contribution in [0, 0.1) is 5.92 Å². The number of nitrogens with zero attached hydrogens (tertiary/aromatic N) is 1. The minimum Gasteiger partial charge on any atom is -0.328 e. The second-order valence-corrected chi connectivity index (χ2v) is 8.06. The van der Waals surface area contributed by atoms with Gasteiger partial charge in [-0.25, -0.2) is 8.42 Å². The van der Waals surface area contributed by atoms with Crippen molar-refractivity contribution in [2.75, 3.05) is 21.9 Å². The fourth-order valence-electron chi connectivity index (χ4n) is 3.17. The highest BCUT2D eigenvalue weighted by molar-refractivity contribution is 7.93. The van der Waals surface area contributed by atoms with E-state index in [9.17, 15) is 13.2 Å². The van der Waals surface area contributed by atoms with E-state index < -0.39 is 10.0 Å². The number of benzene rings is 1. The molecule has 1 aliphatic heterocycles. The monoisotopic (exact) mass is 359 g/mol. The van der Waals surface area contributed by atoms with E-state index in [0.29, 0.717) is 30.8 Å². The first kappa shape index (κ1) is 18.0. The molecule has 3 N–H and O–H groups in total. The molecule has 2 aliphatic rings. The number of rotatable bonds is 3. The van der Waals surface area contributed by atoms with Crippen molar-refractivity contribution < 1.29 is 13.2 Å². The number of carbonyl (C=O) groups is 1. The van der Waals surface area contributed by atoms with E-state index in [-0.39, 0.29) is 36.0 Å². The summed E-state index contributed by atoms with van der Waals surface area (Å²) < 4.78 is 25.3. The lowest BCUT2D eigenvalue weighted by Crippen LogP contribution is -2.26. The number of amides is 1. The van der Waals surface area contributed by atoms with Crippen LogP contribution in [0.15, 0.2) is 24.3 Å². The molecule has 1 aromatic carbocycles. The molecule has 3 rings (SSSR count). The largest absolute Gasteiger partial charge is 0.328 e. The summed E-state index contributed by atoms with van der Waals surface area (Å²) in [6.45, 7) is 0.497. The van der Waals surface area contributed by atoms with E-state index in [1.54, 1.807) is 24.3 Å². The number of carbonyl (C=O) groups excluding carboxylic acids is 1. The molecule has 0 radical (unpaired) electrons. The lowest BCUT2D eigenvalue weighted by Gasteiger charge is -2.18. The number of nitrogens with one attached hydrogen (secondary N) is 1. The molecular formula is C15H22ClN3O3S. The summed E-state index contributed by atoms with van der Waals surface area (Å²) in [6.07, 6.45) is 3.04. The van der Waals surface area contributed by atoms with Crippen LogP contribution in [0.25, 0.3) is 0 Å². The summed E-state index contributed by atoms with van der Waals surface area (Å²) in [5, 5.41) is 2.88. The van der Waals surface area contributed by atoms with Crippen molar-refractivity contribution in [3.8, 4) is 0 Å². The minimum absolute atomic E-state index is 0. The van der Waals surface area contributed by atoms with Crippen molar-refractivity contribution >= 4 is 39.7 Å². The Morgan fingerprint density at radius 1 is 1.30 bits per heavy atom. The molecule has 1 aliphatic carbocycles. The zero-order valence-electron chi connectivity index (χ0n) is 12.8. The normalized spacial score (nSPS) is 25.9. The average molecular weight is 360 g/mol. The molecule has 8 heteroatoms. The van der Waals surface area contributed by atoms with Crippen LogP contribution in [-0.4, -0.2) is 32.7 Å². The Labute approximate surface area is 142 Å². The molecule has 1 heterocycles. The molecular weight excluding hydrogens is 338 g/mol. The SMILES string of the molecule is Cl.NC1CCC(C(=O)Nc2cccc(N3CCCS3(=O)=O)c2)C1. The van der Waals surface area contributed by atoms with E-state index in [4.69, 9.17) is 5.73 Å². The van der Waals surface area contributed by atoms with Crippen molar-refractivity contribution in [1.82, 2.24) is 0 Å². The van der Waals surface area contributed by atoms with Crippen LogP contribution in [0.4, 0.5) is 11.4 Å². The summed E-state index contributed by atoms with van der Waals surface area (Å²) in [4.78, 5) is 12.2. The highest BCUT2D eigenvalue weighted by Gasteiger charge is 2.29. The number of hydrogen-bond donors (Lipinski definition) is 2. The van der Waals surface area contributed by atoms with Gasteiger partial charge in [0.2, 0.25) is 15.9 Å². The zero-order valence-corrected chi connectivity index (χ0v) is 14.4. The molecule has 0 spiro atoms. The van der Waals surface area contributed by atoms with Crippen LogP contribution in [0.3, 0.4) is 0 Å². The molecule has 6 nitrogen and oxygen atoms in total. The van der Waals surface area contributed by atoms with Gasteiger partial charge in [-0.3, -0.25) is 9.10 Å². The second kappa shape index (κ2) is 7.07. The summed E-state index contributed by atoms with van der Waals surface area (Å²) in [5.74, 6) is 0.104. The molecule has 2 fully saturated rings. The molecule has 1 amide bonds. The van der Waals surface area contributed by atoms with Gasteiger partial charge in [-0.2, -0.15) is 0 Å². The third kappa shape index (κ3) is 3.97. The van der Waals surface area contributed by atoms with Gasteiger partial charge < -0.3 is 11.1 Å². The summed E-state index contributed by atoms with van der Waals surface area (Å²) in [7, 11) is -3.20. The van der Waals surface area contributed by atoms with Crippen molar-refractivity contribution in [2.24, 2.45) is 11.7 Å². The van der Waals surface area contributed by atoms with Crippen molar-refractivity contribution in [2.45, 2.75) is 31.7 Å². The lowest BCUT2D eigenvalue weighted by atomic mass is 10.1. The zero-order chi connectivity index (χ0) is 15.7. The van der Waals surface area contributed by atoms with Crippen LogP contribution < -0.4 is 15.4 Å². The molecule has 1 saturated carbocycles. The Morgan fingerprint density at radius 2 is 2.09 bits per heavy atom. The van der Waals surface area contributed by atoms with Gasteiger partial charge in [0.15, 0.2) is 0 Å². The maximum Gasteiger partial charge on any atom is 0.235 e. The second-order valence-electron chi connectivity index (χ2n) is 6.05. The Morgan fingerprint density at radius 3 is 2.70 bits per heavy atom. The first-order chi connectivity index (χ1) is 10.5. The van der Waals surface area contributed by atoms with Gasteiger partial charge in [-0.05, 0) is 43.9 Å². The average Bonchev–Trinajstić information content (AvgIpc) is 3.04. The third-order valence-electron chi connectivity index (χ3n) is 4.34. The number of nitrogens with two attached hydrogens (primary N) is 1. The molecule has 0 bridgehead atoms. The molecule has 0 aromatic heterocycles. The van der Waals surface area contributed by atoms with Gasteiger partial charge in [-0.15, -0.1) is 12.4 Å². The van der Waals surface area contributed by atoms with E-state index in [2.05, 4.69) is 5.32 Å². The van der Waals surface area contributed by atoms with Crippen LogP contribution >= 0.6 is 12.4 Å². The standard InChI is InChI=1S/C15H21N3O3S.ClH/c16-12-6-5-11(9-12)15(19)17-13-3-1-4-14(10-13)18-7-2-8-22(18,20)21;/h1,3-4,10-12H,2,5-9,16H2,(H,17,19);1H. The van der Waals surface area contributed by atoms with Crippen molar-refractivity contribution in [1.29, 1.82) is 0 Å². The van der Waals surface area contributed by atoms with Crippen LogP contribution in [-0.2, 0) is 14.8 Å². The smallest absolute Gasteiger partial charge is 0.235 e. The van der Waals surface area contributed by atoms with E-state index in [0.717, 1.165) is 12.8 Å². The predicted octanol–water partition coefficient (Wildman–Crippen LogP) is 1.71. The summed E-state index contributed by atoms with van der Waals surface area (Å²) >= 11 is 0. The molecule has 2 atom stereocenters. The molecule has 2 unspecified atom stereocenters. The Bertz CT molecular complexity index is 680. The summed E-state index contributed by atoms with van der Waals surface area (Å²) in [5.41, 5.74) is 7.08. The molecule has 1 saturated heterocycles. The third-order valence-corrected chi connectivity index (χ3v) is 6.21. The fraction of sp³-hybridized carbons (Fsp3) is 0.533. The van der Waals surface area contributed by atoms with Crippen LogP contribution in [0.2, 0.25) is 0 Å². The predicted molar refractivity (Wildman–Crippen MR) is 93.4 cm³/mol. The molecule has 23 heavy (non-hydrogen) atoms. The number of hydrogen-bond acceptors (Lipinski definition) is 4. The maximum atomic E-state index is 12.2. The van der Waals surface area contributed by atoms with Crippen LogP contribution in [0.1, 0.15) is 25.7 Å². The van der Waals surface area contributed by atoms with Crippen molar-refractivity contribution in [3.63, 3.8) is 0 Å². The van der Waals surface area contributed by atoms with E-state index in [1.165, 1.54) is 4.31 Å². The van der Waals surface area contributed by atoms with Gasteiger partial charge >= 0.3 is 0 Å². The highest BCUT2D eigenvalue weighted by Crippen LogP contribution is 2.28. The fourth-order valence-corrected chi connectivity index (χ4v) is 4.72. The Balaban J connectivity index is 0.00000192. The first-order valence-electron chi connectivity index (χ1n) is 7.62. The van der Waals surface area contributed by atoms with Crippen molar-refractivity contribution in [3.05, 3.63) is 24.3 Å². The van der Waals surface area contributed by atoms with Gasteiger partial charge in [0, 0.05) is 24.2 Å². The van der Waals surface area contributed by atoms with Crippen LogP contribution in [0.5, 0.6) is 0 Å². The minimum atomic E-state index is -3.20. The highest BCUT2D eigenvalue weighted by atomic mass is 35.5. The topological polar surface area (TPSA) is 92.5 Å². The number of halogens is 1. The van der Waals surface area contributed by atoms with Gasteiger partial charge in [-0.1, -0.05) is 6.07 Å². The maximum absolute atomic E-state index is 12.2. The van der Waals surface area contributed by atoms with E-state index in [1.807, 2.05) is 0 Å². The first-order valence-corrected chi connectivity index (χ1v) is 9.23. The Kier molecular flexibility index (Phi) is 5.54. The van der Waals surface area contributed by atoms with E-state index >= 15 is 0 Å². The summed E-state index contributed by atoms with van der Waals surface area (Å²) in [6, 6.07) is 7.12. The van der Waals surface area contributed by atoms with Gasteiger partial charge in [0.1, 0.15) is 0 Å². The lowest BCUT2D eigenvalue weighted by molar-refractivity contribution is -0.119. The number of sulfonamides is 1. The molecule has 128 valence electrons. The van der Waals surface area contributed by atoms with Gasteiger partial charge in [0.05, 0.1) is 11.4 Å². The van der Waals surface area contributed by atoms with Gasteiger partial charge in [0.25, 0.3) is 0 Å². The Hall–Kier alpha value is -1.31.